The molecule has 10 heteroatoms. The summed E-state index contributed by atoms with van der Waals surface area (Å²) in [4.78, 5) is 24.8. The average Bonchev–Trinajstić information content (AvgIpc) is 2.87. The molecule has 2 aromatic rings. The summed E-state index contributed by atoms with van der Waals surface area (Å²) in [7, 11) is -1.95. The molecule has 1 aliphatic rings. The third-order valence-corrected chi connectivity index (χ3v) is 10.6. The lowest BCUT2D eigenvalue weighted by molar-refractivity contribution is -0.143. The van der Waals surface area contributed by atoms with Crippen molar-refractivity contribution in [3.63, 3.8) is 0 Å². The molecule has 0 spiro atoms. The molecule has 1 heterocycles. The van der Waals surface area contributed by atoms with Crippen LogP contribution < -0.4 is 5.32 Å². The first-order valence-electron chi connectivity index (χ1n) is 12.8. The first kappa shape index (κ1) is 30.4. The van der Waals surface area contributed by atoms with Crippen LogP contribution in [0.25, 0.3) is 0 Å². The second kappa shape index (κ2) is 12.4. The number of halogens is 2. The van der Waals surface area contributed by atoms with Crippen LogP contribution in [0.1, 0.15) is 57.1 Å². The Balaban J connectivity index is 2.10. The zero-order valence-corrected chi connectivity index (χ0v) is 24.5. The smallest absolute Gasteiger partial charge is 0.304 e. The summed E-state index contributed by atoms with van der Waals surface area (Å²) in [5.41, 5.74) is 1.19. The molecule has 0 bridgehead atoms. The van der Waals surface area contributed by atoms with Crippen LogP contribution in [0.4, 0.5) is 0 Å². The van der Waals surface area contributed by atoms with Gasteiger partial charge in [-0.3, -0.25) is 9.59 Å². The van der Waals surface area contributed by atoms with Crippen molar-refractivity contribution in [3.05, 3.63) is 69.7 Å². The van der Waals surface area contributed by atoms with Gasteiger partial charge in [0.2, 0.25) is 15.9 Å². The highest BCUT2D eigenvalue weighted by molar-refractivity contribution is 7.89. The van der Waals surface area contributed by atoms with E-state index in [1.165, 1.54) is 4.31 Å². The van der Waals surface area contributed by atoms with Gasteiger partial charge in [0.15, 0.2) is 0 Å². The standard InChI is InChI=1S/C28H36Cl2N2O5S/c1-5-38(36,37)32(4)18(2)28(3,14-13-19-9-11-22(29)12-10-19)26-24(20-7-6-8-23(30)15-20)16-21(17-25(33)34)27(35)31-26/h6-12,15,18,21,24,26H,5,13-14,16-17H2,1-4H3,(H,31,35)(H,33,34)/t18?,21-,24-,26+,28+/m1/s1. The molecule has 38 heavy (non-hydrogen) atoms. The Hall–Kier alpha value is -2.13. The molecule has 1 saturated heterocycles. The number of piperidine rings is 1. The van der Waals surface area contributed by atoms with E-state index in [4.69, 9.17) is 23.2 Å². The number of carboxylic acid groups (broad SMARTS) is 1. The van der Waals surface area contributed by atoms with Crippen LogP contribution in [0.5, 0.6) is 0 Å². The Morgan fingerprint density at radius 1 is 1.18 bits per heavy atom. The Morgan fingerprint density at radius 2 is 1.84 bits per heavy atom. The van der Waals surface area contributed by atoms with Crippen molar-refractivity contribution in [1.82, 2.24) is 9.62 Å². The second-order valence-corrected chi connectivity index (χ2v) is 13.6. The van der Waals surface area contributed by atoms with Gasteiger partial charge >= 0.3 is 5.97 Å². The van der Waals surface area contributed by atoms with Crippen LogP contribution in [0, 0.1) is 11.3 Å². The van der Waals surface area contributed by atoms with E-state index in [-0.39, 0.29) is 24.0 Å². The molecule has 5 atom stereocenters. The number of aryl methyl sites for hydroxylation is 1. The number of amides is 1. The monoisotopic (exact) mass is 582 g/mol. The molecule has 1 amide bonds. The van der Waals surface area contributed by atoms with Gasteiger partial charge in [0.25, 0.3) is 0 Å². The summed E-state index contributed by atoms with van der Waals surface area (Å²) in [5, 5.41) is 13.7. The van der Waals surface area contributed by atoms with Gasteiger partial charge in [0.05, 0.1) is 12.2 Å². The molecule has 0 aromatic heterocycles. The number of nitrogens with zero attached hydrogens (tertiary/aromatic N) is 1. The number of nitrogens with one attached hydrogen (secondary N) is 1. The SMILES string of the molecule is CCS(=O)(=O)N(C)C(C)[C@](C)(CCc1ccc(Cl)cc1)[C@H]1NC(=O)[C@@H](CC(=O)O)C[C@@H]1c1cccc(Cl)c1. The Labute approximate surface area is 235 Å². The lowest BCUT2D eigenvalue weighted by Gasteiger charge is -2.51. The third kappa shape index (κ3) is 6.89. The van der Waals surface area contributed by atoms with Gasteiger partial charge in [-0.2, -0.15) is 0 Å². The zero-order chi connectivity index (χ0) is 28.3. The number of sulfonamides is 1. The zero-order valence-electron chi connectivity index (χ0n) is 22.2. The van der Waals surface area contributed by atoms with Crippen LogP contribution in [0.2, 0.25) is 10.0 Å². The highest BCUT2D eigenvalue weighted by atomic mass is 35.5. The Morgan fingerprint density at radius 3 is 2.42 bits per heavy atom. The largest absolute Gasteiger partial charge is 0.481 e. The number of rotatable bonds is 11. The van der Waals surface area contributed by atoms with Crippen LogP contribution >= 0.6 is 23.2 Å². The number of carbonyl (C=O) groups excluding carboxylic acids is 1. The highest BCUT2D eigenvalue weighted by Crippen LogP contribution is 2.46. The van der Waals surface area contributed by atoms with E-state index in [1.807, 2.05) is 56.3 Å². The lowest BCUT2D eigenvalue weighted by Crippen LogP contribution is -2.62. The third-order valence-electron chi connectivity index (χ3n) is 8.19. The van der Waals surface area contributed by atoms with Crippen molar-refractivity contribution in [1.29, 1.82) is 0 Å². The molecule has 1 fully saturated rings. The molecule has 3 rings (SSSR count). The summed E-state index contributed by atoms with van der Waals surface area (Å²) >= 11 is 12.4. The van der Waals surface area contributed by atoms with Crippen molar-refractivity contribution in [3.8, 4) is 0 Å². The predicted molar refractivity (Wildman–Crippen MR) is 151 cm³/mol. The van der Waals surface area contributed by atoms with Crippen LogP contribution in [0.15, 0.2) is 48.5 Å². The van der Waals surface area contributed by atoms with E-state index in [0.717, 1.165) is 11.1 Å². The van der Waals surface area contributed by atoms with Crippen molar-refractivity contribution in [2.24, 2.45) is 11.3 Å². The summed E-state index contributed by atoms with van der Waals surface area (Å²) < 4.78 is 27.3. The van der Waals surface area contributed by atoms with Crippen molar-refractivity contribution in [2.45, 2.75) is 64.5 Å². The summed E-state index contributed by atoms with van der Waals surface area (Å²) in [6, 6.07) is 13.9. The minimum Gasteiger partial charge on any atom is -0.481 e. The van der Waals surface area contributed by atoms with Gasteiger partial charge < -0.3 is 10.4 Å². The number of benzene rings is 2. The van der Waals surface area contributed by atoms with Crippen molar-refractivity contribution >= 4 is 45.1 Å². The predicted octanol–water partition coefficient (Wildman–Crippen LogP) is 5.37. The number of hydrogen-bond acceptors (Lipinski definition) is 4. The average molecular weight is 584 g/mol. The topological polar surface area (TPSA) is 104 Å². The maximum Gasteiger partial charge on any atom is 0.304 e. The van der Waals surface area contributed by atoms with Gasteiger partial charge in [-0.05, 0) is 68.5 Å². The fourth-order valence-electron chi connectivity index (χ4n) is 5.55. The van der Waals surface area contributed by atoms with Crippen molar-refractivity contribution < 1.29 is 23.1 Å². The number of carboxylic acids is 1. The molecule has 1 unspecified atom stereocenters. The summed E-state index contributed by atoms with van der Waals surface area (Å²) in [5.74, 6) is -2.40. The fraction of sp³-hybridized carbons (Fsp3) is 0.500. The van der Waals surface area contributed by atoms with Gasteiger partial charge in [-0.25, -0.2) is 12.7 Å². The van der Waals surface area contributed by atoms with Gasteiger partial charge in [0, 0.05) is 46.4 Å². The quantitative estimate of drug-likeness (QED) is 0.371. The molecule has 2 N–H and O–H groups in total. The van der Waals surface area contributed by atoms with E-state index in [2.05, 4.69) is 5.32 Å². The number of hydrogen-bond donors (Lipinski definition) is 2. The molecular weight excluding hydrogens is 547 g/mol. The summed E-state index contributed by atoms with van der Waals surface area (Å²) in [6.07, 6.45) is 1.23. The van der Waals surface area contributed by atoms with Gasteiger partial charge in [0.1, 0.15) is 0 Å². The van der Waals surface area contributed by atoms with E-state index in [1.54, 1.807) is 20.0 Å². The van der Waals surface area contributed by atoms with Crippen LogP contribution in [0.3, 0.4) is 0 Å². The number of carbonyl (C=O) groups is 2. The minimum absolute atomic E-state index is 0.0451. The minimum atomic E-state index is -3.53. The molecule has 0 aliphatic carbocycles. The molecular formula is C28H36Cl2N2O5S. The van der Waals surface area contributed by atoms with Gasteiger partial charge in [-0.1, -0.05) is 54.4 Å². The Kier molecular flexibility index (Phi) is 9.90. The summed E-state index contributed by atoms with van der Waals surface area (Å²) in [6.45, 7) is 5.49. The number of aliphatic carboxylic acids is 1. The first-order chi connectivity index (χ1) is 17.8. The normalized spacial score (nSPS) is 22.5. The van der Waals surface area contributed by atoms with Crippen molar-refractivity contribution in [2.75, 3.05) is 12.8 Å². The molecule has 0 radical (unpaired) electrons. The second-order valence-electron chi connectivity index (χ2n) is 10.4. The lowest BCUT2D eigenvalue weighted by atomic mass is 9.63. The van der Waals surface area contributed by atoms with E-state index in [9.17, 15) is 23.1 Å². The van der Waals surface area contributed by atoms with Crippen LogP contribution in [-0.4, -0.2) is 54.6 Å². The molecule has 0 saturated carbocycles. The van der Waals surface area contributed by atoms with E-state index < -0.39 is 39.4 Å². The van der Waals surface area contributed by atoms with E-state index in [0.29, 0.717) is 29.3 Å². The van der Waals surface area contributed by atoms with Gasteiger partial charge in [-0.15, -0.1) is 0 Å². The fourth-order valence-corrected chi connectivity index (χ4v) is 7.00. The Bertz CT molecular complexity index is 1250. The molecule has 7 nitrogen and oxygen atoms in total. The molecule has 2 aromatic carbocycles. The van der Waals surface area contributed by atoms with Crippen LogP contribution in [-0.2, 0) is 26.0 Å². The molecule has 1 aliphatic heterocycles. The maximum atomic E-state index is 13.2. The molecule has 208 valence electrons. The van der Waals surface area contributed by atoms with E-state index >= 15 is 0 Å². The first-order valence-corrected chi connectivity index (χ1v) is 15.1. The highest BCUT2D eigenvalue weighted by Gasteiger charge is 2.50. The maximum absolute atomic E-state index is 13.2.